The van der Waals surface area contributed by atoms with E-state index in [1.807, 2.05) is 37.3 Å². The summed E-state index contributed by atoms with van der Waals surface area (Å²) < 4.78 is 0. The molecule has 1 saturated heterocycles. The molecule has 0 radical (unpaired) electrons. The predicted octanol–water partition coefficient (Wildman–Crippen LogP) is 2.31. The molecular weight excluding hydrogens is 312 g/mol. The van der Waals surface area contributed by atoms with E-state index >= 15 is 0 Å². The Morgan fingerprint density at radius 3 is 2.87 bits per heavy atom. The van der Waals surface area contributed by atoms with Crippen LogP contribution in [-0.2, 0) is 4.79 Å². The van der Waals surface area contributed by atoms with Crippen LogP contribution < -0.4 is 10.6 Å². The minimum Gasteiger partial charge on any atom is -0.348 e. The van der Waals surface area contributed by atoms with Crippen LogP contribution in [0.25, 0.3) is 0 Å². The van der Waals surface area contributed by atoms with Gasteiger partial charge in [-0.05, 0) is 31.2 Å². The topological polar surface area (TPSA) is 66.9 Å². The lowest BCUT2D eigenvalue weighted by Gasteiger charge is -2.20. The van der Waals surface area contributed by atoms with E-state index in [2.05, 4.69) is 20.6 Å². The minimum absolute atomic E-state index is 0.0231. The van der Waals surface area contributed by atoms with Gasteiger partial charge in [0.15, 0.2) is 0 Å². The molecule has 3 atom stereocenters. The quantitative estimate of drug-likeness (QED) is 0.902. The molecule has 0 spiro atoms. The predicted molar refractivity (Wildman–Crippen MR) is 89.1 cm³/mol. The maximum absolute atomic E-state index is 12.6. The van der Waals surface area contributed by atoms with Crippen molar-refractivity contribution in [3.05, 3.63) is 59.1 Å². The highest BCUT2D eigenvalue weighted by Gasteiger charge is 2.35. The Hall–Kier alpha value is -1.98. The molecule has 2 N–H and O–H groups in total. The van der Waals surface area contributed by atoms with Gasteiger partial charge in [-0.1, -0.05) is 17.7 Å². The Labute approximate surface area is 140 Å². The third kappa shape index (κ3) is 3.68. The summed E-state index contributed by atoms with van der Waals surface area (Å²) >= 11 is 5.89. The Morgan fingerprint density at radius 1 is 1.30 bits per heavy atom. The Balaban J connectivity index is 1.69. The number of hydrogen-bond acceptors (Lipinski definition) is 4. The Bertz CT molecular complexity index is 662. The average molecular weight is 331 g/mol. The molecule has 3 unspecified atom stereocenters. The number of halogens is 1. The summed E-state index contributed by atoms with van der Waals surface area (Å²) in [5.74, 6) is -0.0621. The molecule has 0 aliphatic carbocycles. The van der Waals surface area contributed by atoms with Crippen molar-refractivity contribution < 1.29 is 4.79 Å². The lowest BCUT2D eigenvalue weighted by atomic mass is 9.91. The van der Waals surface area contributed by atoms with Crippen LogP contribution in [0.2, 0.25) is 5.02 Å². The standard InChI is InChI=1S/C17H19ClN4O/c1-11(15-4-2-3-7-20-15)22-17(23)14-10-19-9-13(14)16-6-5-12(18)8-21-16/h2-8,11,13-14,19H,9-10H2,1H3,(H,22,23). The van der Waals surface area contributed by atoms with Crippen molar-refractivity contribution >= 4 is 17.5 Å². The zero-order valence-electron chi connectivity index (χ0n) is 12.9. The van der Waals surface area contributed by atoms with E-state index in [4.69, 9.17) is 11.6 Å². The first-order valence-corrected chi connectivity index (χ1v) is 8.06. The van der Waals surface area contributed by atoms with Gasteiger partial charge in [0.1, 0.15) is 0 Å². The maximum Gasteiger partial charge on any atom is 0.225 e. The summed E-state index contributed by atoms with van der Waals surface area (Å²) in [5, 5.41) is 6.94. The fraction of sp³-hybridized carbons (Fsp3) is 0.353. The van der Waals surface area contributed by atoms with Crippen molar-refractivity contribution in [1.29, 1.82) is 0 Å². The van der Waals surface area contributed by atoms with Gasteiger partial charge < -0.3 is 10.6 Å². The van der Waals surface area contributed by atoms with E-state index in [-0.39, 0.29) is 23.8 Å². The number of rotatable bonds is 4. The number of carbonyl (C=O) groups excluding carboxylic acids is 1. The zero-order valence-corrected chi connectivity index (χ0v) is 13.6. The monoisotopic (exact) mass is 330 g/mol. The van der Waals surface area contributed by atoms with Crippen LogP contribution in [0.1, 0.15) is 30.3 Å². The molecule has 120 valence electrons. The van der Waals surface area contributed by atoms with Crippen LogP contribution in [0.15, 0.2) is 42.7 Å². The van der Waals surface area contributed by atoms with E-state index < -0.39 is 0 Å². The highest BCUT2D eigenvalue weighted by atomic mass is 35.5. The number of hydrogen-bond donors (Lipinski definition) is 2. The van der Waals surface area contributed by atoms with Gasteiger partial charge >= 0.3 is 0 Å². The SMILES string of the molecule is CC(NC(=O)C1CNCC1c1ccc(Cl)cn1)c1ccccn1. The fourth-order valence-corrected chi connectivity index (χ4v) is 3.01. The lowest BCUT2D eigenvalue weighted by Crippen LogP contribution is -2.36. The van der Waals surface area contributed by atoms with Gasteiger partial charge in [-0.15, -0.1) is 0 Å². The van der Waals surface area contributed by atoms with Crippen LogP contribution in [-0.4, -0.2) is 29.0 Å². The van der Waals surface area contributed by atoms with E-state index in [0.717, 1.165) is 17.9 Å². The van der Waals surface area contributed by atoms with Crippen molar-refractivity contribution in [3.8, 4) is 0 Å². The van der Waals surface area contributed by atoms with Crippen LogP contribution >= 0.6 is 11.6 Å². The second-order valence-electron chi connectivity index (χ2n) is 5.76. The first-order valence-electron chi connectivity index (χ1n) is 7.68. The molecule has 1 aliphatic heterocycles. The summed E-state index contributed by atoms with van der Waals surface area (Å²) in [6, 6.07) is 9.28. The Kier molecular flexibility index (Phi) is 4.88. The van der Waals surface area contributed by atoms with E-state index in [0.29, 0.717) is 11.6 Å². The molecule has 6 heteroatoms. The molecule has 2 aromatic rings. The van der Waals surface area contributed by atoms with Gasteiger partial charge in [0.25, 0.3) is 0 Å². The number of nitrogens with zero attached hydrogens (tertiary/aromatic N) is 2. The number of aromatic nitrogens is 2. The third-order valence-electron chi connectivity index (χ3n) is 4.17. The number of amides is 1. The van der Waals surface area contributed by atoms with Crippen LogP contribution in [0.4, 0.5) is 0 Å². The molecule has 3 heterocycles. The molecule has 1 fully saturated rings. The zero-order chi connectivity index (χ0) is 16.2. The van der Waals surface area contributed by atoms with E-state index in [1.165, 1.54) is 0 Å². The highest BCUT2D eigenvalue weighted by molar-refractivity contribution is 6.30. The molecule has 5 nitrogen and oxygen atoms in total. The summed E-state index contributed by atoms with van der Waals surface area (Å²) in [6.07, 6.45) is 3.36. The molecule has 23 heavy (non-hydrogen) atoms. The average Bonchev–Trinajstić information content (AvgIpc) is 3.06. The van der Waals surface area contributed by atoms with Gasteiger partial charge in [0.2, 0.25) is 5.91 Å². The molecule has 1 aliphatic rings. The highest BCUT2D eigenvalue weighted by Crippen LogP contribution is 2.28. The second kappa shape index (κ2) is 7.06. The molecule has 3 rings (SSSR count). The third-order valence-corrected chi connectivity index (χ3v) is 4.39. The van der Waals surface area contributed by atoms with Crippen molar-refractivity contribution in [2.75, 3.05) is 13.1 Å². The van der Waals surface area contributed by atoms with Gasteiger partial charge in [-0.3, -0.25) is 14.8 Å². The first kappa shape index (κ1) is 15.9. The van der Waals surface area contributed by atoms with E-state index in [9.17, 15) is 4.79 Å². The molecular formula is C17H19ClN4O. The number of pyridine rings is 2. The summed E-state index contributed by atoms with van der Waals surface area (Å²) in [7, 11) is 0. The maximum atomic E-state index is 12.6. The summed E-state index contributed by atoms with van der Waals surface area (Å²) in [4.78, 5) is 21.3. The van der Waals surface area contributed by atoms with Crippen molar-refractivity contribution in [2.24, 2.45) is 5.92 Å². The summed E-state index contributed by atoms with van der Waals surface area (Å²) in [5.41, 5.74) is 1.75. The largest absolute Gasteiger partial charge is 0.348 e. The van der Waals surface area contributed by atoms with Crippen molar-refractivity contribution in [1.82, 2.24) is 20.6 Å². The smallest absolute Gasteiger partial charge is 0.225 e. The molecule has 0 bridgehead atoms. The van der Waals surface area contributed by atoms with Crippen molar-refractivity contribution in [2.45, 2.75) is 18.9 Å². The van der Waals surface area contributed by atoms with Crippen LogP contribution in [0.5, 0.6) is 0 Å². The first-order chi connectivity index (χ1) is 11.1. The summed E-state index contributed by atoms with van der Waals surface area (Å²) in [6.45, 7) is 3.33. The molecule has 2 aromatic heterocycles. The van der Waals surface area contributed by atoms with E-state index in [1.54, 1.807) is 12.4 Å². The molecule has 1 amide bonds. The van der Waals surface area contributed by atoms with Gasteiger partial charge in [0, 0.05) is 37.1 Å². The van der Waals surface area contributed by atoms with Gasteiger partial charge in [0.05, 0.1) is 22.7 Å². The van der Waals surface area contributed by atoms with Crippen molar-refractivity contribution in [3.63, 3.8) is 0 Å². The minimum atomic E-state index is -0.144. The van der Waals surface area contributed by atoms with Crippen LogP contribution in [0.3, 0.4) is 0 Å². The second-order valence-corrected chi connectivity index (χ2v) is 6.19. The Morgan fingerprint density at radius 2 is 2.17 bits per heavy atom. The normalized spacial score (nSPS) is 21.8. The van der Waals surface area contributed by atoms with Crippen LogP contribution in [0, 0.1) is 5.92 Å². The van der Waals surface area contributed by atoms with Gasteiger partial charge in [-0.2, -0.15) is 0 Å². The fourth-order valence-electron chi connectivity index (χ4n) is 2.90. The lowest BCUT2D eigenvalue weighted by molar-refractivity contribution is -0.125. The molecule has 0 aromatic carbocycles. The molecule has 0 saturated carbocycles. The van der Waals surface area contributed by atoms with Gasteiger partial charge in [-0.25, -0.2) is 0 Å². The number of nitrogens with one attached hydrogen (secondary N) is 2. The number of carbonyl (C=O) groups is 1.